The van der Waals surface area contributed by atoms with Crippen molar-refractivity contribution in [3.63, 3.8) is 0 Å². The molecule has 2 aliphatic rings. The van der Waals surface area contributed by atoms with E-state index in [2.05, 4.69) is 12.6 Å². The van der Waals surface area contributed by atoms with Crippen molar-refractivity contribution < 1.29 is 22.7 Å². The van der Waals surface area contributed by atoms with Crippen molar-refractivity contribution in [1.82, 2.24) is 9.21 Å². The van der Waals surface area contributed by atoms with Gasteiger partial charge < -0.3 is 9.64 Å². The number of rotatable bonds is 4. The van der Waals surface area contributed by atoms with Crippen LogP contribution in [0.5, 0.6) is 0 Å². The molecule has 0 radical (unpaired) electrons. The van der Waals surface area contributed by atoms with Crippen LogP contribution in [0.15, 0.2) is 47.4 Å². The number of ether oxygens (including phenoxy) is 1. The number of fused-ring (bicyclic) bond motifs is 1. The van der Waals surface area contributed by atoms with E-state index in [1.807, 2.05) is 24.3 Å². The summed E-state index contributed by atoms with van der Waals surface area (Å²) in [7, 11) is -2.62. The van der Waals surface area contributed by atoms with Crippen LogP contribution in [0.25, 0.3) is 10.8 Å². The van der Waals surface area contributed by atoms with E-state index in [4.69, 9.17) is 4.74 Å². The quantitative estimate of drug-likeness (QED) is 0.572. The molecule has 30 heavy (non-hydrogen) atoms. The smallest absolute Gasteiger partial charge is 0.328 e. The van der Waals surface area contributed by atoms with Crippen LogP contribution in [0.4, 0.5) is 0 Å². The topological polar surface area (TPSA) is 84.0 Å². The van der Waals surface area contributed by atoms with Gasteiger partial charge in [-0.1, -0.05) is 30.3 Å². The Bertz CT molecular complexity index is 1090. The van der Waals surface area contributed by atoms with Gasteiger partial charge in [0.2, 0.25) is 15.9 Å². The maximum absolute atomic E-state index is 13.5. The number of carbonyl (C=O) groups excluding carboxylic acids is 2. The molecule has 0 aromatic heterocycles. The predicted octanol–water partition coefficient (Wildman–Crippen LogP) is 2.07. The average Bonchev–Trinajstić information content (AvgIpc) is 3.39. The van der Waals surface area contributed by atoms with E-state index in [9.17, 15) is 18.0 Å². The Hall–Kier alpha value is -2.10. The van der Waals surface area contributed by atoms with Crippen molar-refractivity contribution >= 4 is 45.3 Å². The first-order chi connectivity index (χ1) is 14.3. The van der Waals surface area contributed by atoms with Crippen molar-refractivity contribution in [3.05, 3.63) is 42.5 Å². The Morgan fingerprint density at radius 3 is 2.57 bits per heavy atom. The zero-order valence-electron chi connectivity index (χ0n) is 16.6. The summed E-state index contributed by atoms with van der Waals surface area (Å²) in [5, 5.41) is 1.50. The number of amides is 1. The zero-order valence-corrected chi connectivity index (χ0v) is 18.3. The first kappa shape index (κ1) is 21.1. The van der Waals surface area contributed by atoms with Gasteiger partial charge in [0, 0.05) is 18.3 Å². The maximum atomic E-state index is 13.5. The lowest BCUT2D eigenvalue weighted by Crippen LogP contribution is -2.51. The van der Waals surface area contributed by atoms with Gasteiger partial charge in [0.25, 0.3) is 0 Å². The van der Waals surface area contributed by atoms with E-state index in [1.165, 1.54) is 16.3 Å². The third-order valence-electron chi connectivity index (χ3n) is 5.86. The van der Waals surface area contributed by atoms with Gasteiger partial charge in [-0.25, -0.2) is 13.2 Å². The zero-order chi connectivity index (χ0) is 21.5. The Kier molecular flexibility index (Phi) is 5.78. The lowest BCUT2D eigenvalue weighted by molar-refractivity contribution is -0.152. The molecule has 0 saturated carbocycles. The van der Waals surface area contributed by atoms with Gasteiger partial charge in [-0.2, -0.15) is 16.9 Å². The number of hydrogen-bond donors (Lipinski definition) is 1. The Morgan fingerprint density at radius 2 is 1.83 bits per heavy atom. The molecule has 2 aromatic carbocycles. The molecule has 2 fully saturated rings. The molecular formula is C21H24N2O5S2. The van der Waals surface area contributed by atoms with Gasteiger partial charge in [-0.3, -0.25) is 4.79 Å². The molecular weight excluding hydrogens is 424 g/mol. The van der Waals surface area contributed by atoms with Crippen LogP contribution in [0, 0.1) is 0 Å². The Balaban J connectivity index is 1.66. The number of sulfonamides is 1. The number of thiol groups is 1. The number of carbonyl (C=O) groups is 2. The van der Waals surface area contributed by atoms with Crippen molar-refractivity contribution in [2.75, 3.05) is 20.2 Å². The number of benzene rings is 2. The van der Waals surface area contributed by atoms with Crippen molar-refractivity contribution in [3.8, 4) is 0 Å². The van der Waals surface area contributed by atoms with E-state index in [-0.39, 0.29) is 22.6 Å². The summed E-state index contributed by atoms with van der Waals surface area (Å²) in [5.41, 5.74) is 0. The molecule has 1 amide bonds. The molecule has 2 heterocycles. The fourth-order valence-electron chi connectivity index (χ4n) is 4.34. The number of likely N-dealkylation sites (tertiary alicyclic amines) is 1. The lowest BCUT2D eigenvalue weighted by Gasteiger charge is -2.29. The predicted molar refractivity (Wildman–Crippen MR) is 116 cm³/mol. The number of hydrogen-bond acceptors (Lipinski definition) is 6. The third kappa shape index (κ3) is 3.70. The molecule has 9 heteroatoms. The molecule has 3 atom stereocenters. The molecule has 0 unspecified atom stereocenters. The van der Waals surface area contributed by atoms with Gasteiger partial charge in [-0.15, -0.1) is 0 Å². The number of esters is 1. The normalized spacial score (nSPS) is 25.0. The summed E-state index contributed by atoms with van der Waals surface area (Å²) < 4.78 is 33.0. The monoisotopic (exact) mass is 448 g/mol. The highest BCUT2D eigenvalue weighted by Crippen LogP contribution is 2.32. The summed E-state index contributed by atoms with van der Waals surface area (Å²) in [6, 6.07) is 10.9. The average molecular weight is 449 g/mol. The third-order valence-corrected chi connectivity index (χ3v) is 8.10. The van der Waals surface area contributed by atoms with Crippen LogP contribution >= 0.6 is 12.6 Å². The summed E-state index contributed by atoms with van der Waals surface area (Å²) in [6.45, 7) is 0.557. The summed E-state index contributed by atoms with van der Waals surface area (Å²) >= 11 is 4.46. The molecule has 0 aliphatic carbocycles. The molecule has 4 rings (SSSR count). The fraction of sp³-hybridized carbons (Fsp3) is 0.429. The van der Waals surface area contributed by atoms with Crippen molar-refractivity contribution in [1.29, 1.82) is 0 Å². The molecule has 0 bridgehead atoms. The largest absolute Gasteiger partial charge is 0.467 e. The Morgan fingerprint density at radius 1 is 1.10 bits per heavy atom. The summed E-state index contributed by atoms with van der Waals surface area (Å²) in [6.07, 6.45) is 1.51. The molecule has 7 nitrogen and oxygen atoms in total. The maximum Gasteiger partial charge on any atom is 0.328 e. The van der Waals surface area contributed by atoms with Crippen molar-refractivity contribution in [2.45, 2.75) is 41.5 Å². The fourth-order valence-corrected chi connectivity index (χ4v) is 6.50. The van der Waals surface area contributed by atoms with Crippen LogP contribution in [0.3, 0.4) is 0 Å². The highest BCUT2D eigenvalue weighted by molar-refractivity contribution is 7.89. The van der Waals surface area contributed by atoms with E-state index in [0.717, 1.165) is 10.8 Å². The second-order valence-corrected chi connectivity index (χ2v) is 10.3. The second-order valence-electron chi connectivity index (χ2n) is 7.70. The highest BCUT2D eigenvalue weighted by atomic mass is 32.2. The minimum atomic E-state index is -3.91. The minimum Gasteiger partial charge on any atom is -0.467 e. The minimum absolute atomic E-state index is 0.144. The van der Waals surface area contributed by atoms with Gasteiger partial charge >= 0.3 is 5.97 Å². The molecule has 160 valence electrons. The second kappa shape index (κ2) is 8.20. The van der Waals surface area contributed by atoms with Gasteiger partial charge in [0.1, 0.15) is 12.1 Å². The first-order valence-corrected chi connectivity index (χ1v) is 11.9. The summed E-state index contributed by atoms with van der Waals surface area (Å²) in [5.74, 6) is -0.825. The van der Waals surface area contributed by atoms with Crippen LogP contribution < -0.4 is 0 Å². The van der Waals surface area contributed by atoms with Crippen molar-refractivity contribution in [2.24, 2.45) is 0 Å². The van der Waals surface area contributed by atoms with Crippen LogP contribution in [-0.2, 0) is 24.3 Å². The molecule has 0 N–H and O–H groups in total. The Labute approximate surface area is 181 Å². The molecule has 2 aromatic rings. The van der Waals surface area contributed by atoms with E-state index in [0.29, 0.717) is 25.8 Å². The van der Waals surface area contributed by atoms with E-state index < -0.39 is 28.1 Å². The highest BCUT2D eigenvalue weighted by Gasteiger charge is 2.47. The summed E-state index contributed by atoms with van der Waals surface area (Å²) in [4.78, 5) is 27.0. The van der Waals surface area contributed by atoms with E-state index >= 15 is 0 Å². The molecule has 2 saturated heterocycles. The lowest BCUT2D eigenvalue weighted by atomic mass is 10.1. The number of nitrogens with zero attached hydrogens (tertiary/aromatic N) is 2. The standard InChI is InChI=1S/C21H24N2O5S2/c1-28-21(25)18-7-4-10-22(18)20(24)19-12-16(29)13-23(19)30(26,27)17-9-8-14-5-2-3-6-15(14)11-17/h2-3,5-6,8-9,11,16,18-19,29H,4,7,10,12-13H2,1H3/t16-,18-,19-/m0/s1. The van der Waals surface area contributed by atoms with Crippen LogP contribution in [-0.4, -0.2) is 67.0 Å². The van der Waals surface area contributed by atoms with Crippen LogP contribution in [0.2, 0.25) is 0 Å². The van der Waals surface area contributed by atoms with Gasteiger partial charge in [0.15, 0.2) is 0 Å². The van der Waals surface area contributed by atoms with Gasteiger partial charge in [-0.05, 0) is 42.2 Å². The van der Waals surface area contributed by atoms with Crippen LogP contribution in [0.1, 0.15) is 19.3 Å². The van der Waals surface area contributed by atoms with E-state index in [1.54, 1.807) is 18.2 Å². The van der Waals surface area contributed by atoms with Gasteiger partial charge in [0.05, 0.1) is 12.0 Å². The first-order valence-electron chi connectivity index (χ1n) is 9.90. The molecule has 0 spiro atoms. The number of methoxy groups -OCH3 is 1. The molecule has 2 aliphatic heterocycles. The SMILES string of the molecule is COC(=O)[C@@H]1CCCN1C(=O)[C@@H]1C[C@H](S)CN1S(=O)(=O)c1ccc2ccccc2c1.